The zero-order valence-electron chi connectivity index (χ0n) is 10.7. The van der Waals surface area contributed by atoms with E-state index in [2.05, 4.69) is 4.72 Å². The minimum Gasteiger partial charge on any atom is -0.478 e. The van der Waals surface area contributed by atoms with Crippen molar-refractivity contribution in [1.29, 1.82) is 0 Å². The molecular formula is C13H8Cl2FNO4S. The van der Waals surface area contributed by atoms with Crippen LogP contribution in [0.1, 0.15) is 10.4 Å². The molecule has 0 unspecified atom stereocenters. The number of hydrogen-bond acceptors (Lipinski definition) is 3. The minimum atomic E-state index is -4.24. The van der Waals surface area contributed by atoms with Gasteiger partial charge < -0.3 is 5.11 Å². The Morgan fingerprint density at radius 1 is 1.14 bits per heavy atom. The summed E-state index contributed by atoms with van der Waals surface area (Å²) in [6, 6.07) is 6.62. The number of rotatable bonds is 4. The molecule has 2 aromatic rings. The van der Waals surface area contributed by atoms with Gasteiger partial charge in [0, 0.05) is 10.7 Å². The van der Waals surface area contributed by atoms with E-state index in [4.69, 9.17) is 28.3 Å². The van der Waals surface area contributed by atoms with Crippen LogP contribution < -0.4 is 4.72 Å². The number of aromatic carboxylic acids is 1. The highest BCUT2D eigenvalue weighted by Crippen LogP contribution is 2.25. The van der Waals surface area contributed by atoms with Crippen molar-refractivity contribution < 1.29 is 22.7 Å². The molecular weight excluding hydrogens is 356 g/mol. The summed E-state index contributed by atoms with van der Waals surface area (Å²) in [5.41, 5.74) is -0.338. The van der Waals surface area contributed by atoms with Gasteiger partial charge in [-0.2, -0.15) is 0 Å². The molecule has 0 aliphatic carbocycles. The first-order valence-electron chi connectivity index (χ1n) is 5.71. The van der Waals surface area contributed by atoms with Gasteiger partial charge in [0.15, 0.2) is 0 Å². The highest BCUT2D eigenvalue weighted by atomic mass is 35.5. The van der Waals surface area contributed by atoms with Gasteiger partial charge in [0.05, 0.1) is 10.6 Å². The summed E-state index contributed by atoms with van der Waals surface area (Å²) in [5, 5.41) is 8.95. The molecule has 0 aliphatic heterocycles. The van der Waals surface area contributed by atoms with Crippen LogP contribution >= 0.6 is 23.2 Å². The molecule has 0 saturated heterocycles. The minimum absolute atomic E-state index is 0.0480. The fourth-order valence-electron chi connectivity index (χ4n) is 1.66. The first-order chi connectivity index (χ1) is 10.2. The van der Waals surface area contributed by atoms with Crippen molar-refractivity contribution in [2.75, 3.05) is 4.72 Å². The monoisotopic (exact) mass is 363 g/mol. The molecule has 22 heavy (non-hydrogen) atoms. The van der Waals surface area contributed by atoms with E-state index in [1.165, 1.54) is 18.2 Å². The molecule has 0 fully saturated rings. The van der Waals surface area contributed by atoms with Crippen LogP contribution in [0.2, 0.25) is 10.0 Å². The molecule has 0 heterocycles. The Morgan fingerprint density at radius 2 is 1.82 bits per heavy atom. The van der Waals surface area contributed by atoms with E-state index in [-0.39, 0.29) is 21.3 Å². The van der Waals surface area contributed by atoms with Crippen molar-refractivity contribution in [3.05, 3.63) is 57.8 Å². The Morgan fingerprint density at radius 3 is 2.41 bits per heavy atom. The molecule has 0 amide bonds. The SMILES string of the molecule is O=C(O)c1cc(NS(=O)(=O)c2ccc(Cl)cc2F)ccc1Cl. The highest BCUT2D eigenvalue weighted by molar-refractivity contribution is 7.92. The Balaban J connectivity index is 2.41. The van der Waals surface area contributed by atoms with Gasteiger partial charge in [0.1, 0.15) is 10.7 Å². The summed E-state index contributed by atoms with van der Waals surface area (Å²) >= 11 is 11.3. The predicted octanol–water partition coefficient (Wildman–Crippen LogP) is 3.63. The van der Waals surface area contributed by atoms with Gasteiger partial charge in [-0.3, -0.25) is 4.72 Å². The number of sulfonamides is 1. The lowest BCUT2D eigenvalue weighted by Gasteiger charge is -2.10. The number of carboxylic acid groups (broad SMARTS) is 1. The zero-order valence-corrected chi connectivity index (χ0v) is 13.0. The number of halogens is 3. The fraction of sp³-hybridized carbons (Fsp3) is 0. The van der Waals surface area contributed by atoms with Crippen molar-refractivity contribution in [1.82, 2.24) is 0 Å². The number of benzene rings is 2. The molecule has 0 bridgehead atoms. The Bertz CT molecular complexity index is 855. The third-order valence-corrected chi connectivity index (χ3v) is 4.61. The number of hydrogen-bond donors (Lipinski definition) is 2. The quantitative estimate of drug-likeness (QED) is 0.868. The second kappa shape index (κ2) is 6.12. The molecule has 5 nitrogen and oxygen atoms in total. The van der Waals surface area contributed by atoms with E-state index in [0.29, 0.717) is 0 Å². The van der Waals surface area contributed by atoms with Crippen LogP contribution in [0, 0.1) is 5.82 Å². The molecule has 9 heteroatoms. The van der Waals surface area contributed by atoms with Crippen LogP contribution in [0.4, 0.5) is 10.1 Å². The maximum absolute atomic E-state index is 13.7. The third-order valence-electron chi connectivity index (χ3n) is 2.63. The summed E-state index contributed by atoms with van der Waals surface area (Å²) < 4.78 is 40.0. The summed E-state index contributed by atoms with van der Waals surface area (Å²) in [6.07, 6.45) is 0. The van der Waals surface area contributed by atoms with Crippen LogP contribution in [0.15, 0.2) is 41.3 Å². The lowest BCUT2D eigenvalue weighted by atomic mass is 10.2. The second-order valence-electron chi connectivity index (χ2n) is 4.18. The van der Waals surface area contributed by atoms with E-state index in [1.807, 2.05) is 0 Å². The van der Waals surface area contributed by atoms with Crippen LogP contribution in [-0.2, 0) is 10.0 Å². The smallest absolute Gasteiger partial charge is 0.337 e. The molecule has 0 spiro atoms. The van der Waals surface area contributed by atoms with Crippen LogP contribution in [0.3, 0.4) is 0 Å². The third kappa shape index (κ3) is 3.49. The molecule has 0 aliphatic rings. The standard InChI is InChI=1S/C13H8Cl2FNO4S/c14-7-1-4-12(11(16)5-7)22(20,21)17-8-2-3-10(15)9(6-8)13(18)19/h1-6,17H,(H,18,19). The van der Waals surface area contributed by atoms with Crippen molar-refractivity contribution >= 4 is 44.9 Å². The van der Waals surface area contributed by atoms with E-state index < -0.39 is 26.7 Å². The summed E-state index contributed by atoms with van der Waals surface area (Å²) in [5.74, 6) is -2.34. The van der Waals surface area contributed by atoms with Crippen molar-refractivity contribution in [3.8, 4) is 0 Å². The normalized spacial score (nSPS) is 11.2. The number of anilines is 1. The van der Waals surface area contributed by atoms with E-state index >= 15 is 0 Å². The van der Waals surface area contributed by atoms with Gasteiger partial charge in [0.25, 0.3) is 10.0 Å². The van der Waals surface area contributed by atoms with Gasteiger partial charge in [0.2, 0.25) is 0 Å². The predicted molar refractivity (Wildman–Crippen MR) is 80.6 cm³/mol. The van der Waals surface area contributed by atoms with Gasteiger partial charge in [-0.25, -0.2) is 17.6 Å². The van der Waals surface area contributed by atoms with Crippen molar-refractivity contribution in [2.24, 2.45) is 0 Å². The fourth-order valence-corrected chi connectivity index (χ4v) is 3.12. The Kier molecular flexibility index (Phi) is 4.60. The molecule has 0 atom stereocenters. The molecule has 0 aromatic heterocycles. The van der Waals surface area contributed by atoms with E-state index in [0.717, 1.165) is 18.2 Å². The van der Waals surface area contributed by atoms with Crippen LogP contribution in [0.25, 0.3) is 0 Å². The summed E-state index contributed by atoms with van der Waals surface area (Å²) in [6.45, 7) is 0. The number of nitrogens with one attached hydrogen (secondary N) is 1. The summed E-state index contributed by atoms with van der Waals surface area (Å²) in [7, 11) is -4.24. The molecule has 0 saturated carbocycles. The molecule has 0 radical (unpaired) electrons. The average molecular weight is 364 g/mol. The van der Waals surface area contributed by atoms with Gasteiger partial charge in [-0.05, 0) is 36.4 Å². The topological polar surface area (TPSA) is 83.5 Å². The van der Waals surface area contributed by atoms with E-state index in [9.17, 15) is 17.6 Å². The van der Waals surface area contributed by atoms with E-state index in [1.54, 1.807) is 0 Å². The lowest BCUT2D eigenvalue weighted by molar-refractivity contribution is 0.0697. The highest BCUT2D eigenvalue weighted by Gasteiger charge is 2.20. The Hall–Kier alpha value is -1.83. The number of carboxylic acids is 1. The molecule has 2 aromatic carbocycles. The van der Waals surface area contributed by atoms with Gasteiger partial charge >= 0.3 is 5.97 Å². The first-order valence-corrected chi connectivity index (χ1v) is 7.95. The molecule has 2 N–H and O–H groups in total. The second-order valence-corrected chi connectivity index (χ2v) is 6.67. The largest absolute Gasteiger partial charge is 0.478 e. The first kappa shape index (κ1) is 16.5. The van der Waals surface area contributed by atoms with Crippen molar-refractivity contribution in [2.45, 2.75) is 4.90 Å². The maximum atomic E-state index is 13.7. The molecule has 116 valence electrons. The van der Waals surface area contributed by atoms with Gasteiger partial charge in [-0.15, -0.1) is 0 Å². The molecule has 2 rings (SSSR count). The average Bonchev–Trinajstić information content (AvgIpc) is 2.39. The van der Waals surface area contributed by atoms with Crippen LogP contribution in [0.5, 0.6) is 0 Å². The number of carbonyl (C=O) groups is 1. The maximum Gasteiger partial charge on any atom is 0.337 e. The van der Waals surface area contributed by atoms with Gasteiger partial charge in [-0.1, -0.05) is 23.2 Å². The van der Waals surface area contributed by atoms with Crippen molar-refractivity contribution in [3.63, 3.8) is 0 Å². The zero-order chi connectivity index (χ0) is 16.5. The Labute approximate surface area is 135 Å². The summed E-state index contributed by atoms with van der Waals surface area (Å²) in [4.78, 5) is 10.4. The lowest BCUT2D eigenvalue weighted by Crippen LogP contribution is -2.15. The van der Waals surface area contributed by atoms with Crippen LogP contribution in [-0.4, -0.2) is 19.5 Å².